The van der Waals surface area contributed by atoms with E-state index in [1.165, 1.54) is 6.42 Å². The number of rotatable bonds is 8. The minimum absolute atomic E-state index is 0.339. The van der Waals surface area contributed by atoms with Crippen LogP contribution in [0.1, 0.15) is 53.4 Å². The molecular weight excluding hydrogens is 226 g/mol. The van der Waals surface area contributed by atoms with Crippen LogP contribution in [0.4, 0.5) is 0 Å². The lowest BCUT2D eigenvalue weighted by Crippen LogP contribution is -2.09. The van der Waals surface area contributed by atoms with Crippen molar-refractivity contribution in [1.82, 2.24) is 0 Å². The summed E-state index contributed by atoms with van der Waals surface area (Å²) < 4.78 is 5.45. The van der Waals surface area contributed by atoms with Crippen molar-refractivity contribution in [1.29, 1.82) is 0 Å². The lowest BCUT2D eigenvalue weighted by molar-refractivity contribution is 0.0743. The summed E-state index contributed by atoms with van der Waals surface area (Å²) in [7, 11) is 0. The fourth-order valence-corrected chi connectivity index (χ4v) is 1.49. The molecule has 0 aliphatic heterocycles. The molecule has 0 saturated heterocycles. The normalized spacial score (nSPS) is 11.9. The maximum atomic E-state index is 8.47. The first-order valence-corrected chi connectivity index (χ1v) is 6.70. The van der Waals surface area contributed by atoms with Crippen LogP contribution in [0.3, 0.4) is 0 Å². The lowest BCUT2D eigenvalue weighted by Gasteiger charge is -2.10. The van der Waals surface area contributed by atoms with E-state index in [4.69, 9.17) is 10.3 Å². The largest absolute Gasteiger partial charge is 0.360 e. The number of hydrogen-bond donors (Lipinski definition) is 0. The molecule has 4 nitrogen and oxygen atoms in total. The number of hydrogen-bond acceptors (Lipinski definition) is 2. The molecule has 0 aromatic carbocycles. The topological polar surface area (TPSA) is 58.0 Å². The second-order valence-corrected chi connectivity index (χ2v) is 5.12. The Morgan fingerprint density at radius 1 is 1.17 bits per heavy atom. The van der Waals surface area contributed by atoms with Crippen molar-refractivity contribution in [2.45, 2.75) is 59.6 Å². The predicted molar refractivity (Wildman–Crippen MR) is 74.8 cm³/mol. The smallest absolute Gasteiger partial charge is 0.137 e. The highest BCUT2D eigenvalue weighted by Crippen LogP contribution is 2.12. The van der Waals surface area contributed by atoms with Crippen LogP contribution in [0, 0.1) is 23.7 Å². The van der Waals surface area contributed by atoms with E-state index >= 15 is 0 Å². The molecule has 18 heavy (non-hydrogen) atoms. The van der Waals surface area contributed by atoms with E-state index in [2.05, 4.69) is 35.7 Å². The van der Waals surface area contributed by atoms with E-state index in [-0.39, 0.29) is 6.23 Å². The van der Waals surface area contributed by atoms with E-state index in [9.17, 15) is 0 Å². The molecule has 0 spiro atoms. The monoisotopic (exact) mass is 251 g/mol. The molecule has 0 saturated carbocycles. The summed E-state index contributed by atoms with van der Waals surface area (Å²) in [6, 6.07) is 0. The second kappa shape index (κ2) is 11.0. The standard InChI is InChI=1S/C14H25N3O/c1-12(2)8-5-6-10-14(16-17-15)18-11-7-9-13(3)4/h12-14H,5-6,8,10-11H2,1-4H3. The molecule has 0 heterocycles. The van der Waals surface area contributed by atoms with Crippen LogP contribution >= 0.6 is 0 Å². The number of nitrogens with zero attached hydrogens (tertiary/aromatic N) is 3. The van der Waals surface area contributed by atoms with Crippen LogP contribution in [0.5, 0.6) is 0 Å². The third kappa shape index (κ3) is 11.3. The van der Waals surface area contributed by atoms with Crippen LogP contribution in [0.15, 0.2) is 5.11 Å². The Hall–Kier alpha value is -1.17. The molecule has 0 N–H and O–H groups in total. The highest BCUT2D eigenvalue weighted by molar-refractivity contribution is 5.01. The number of ether oxygens (including phenoxy) is 1. The average Bonchev–Trinajstić information content (AvgIpc) is 2.29. The van der Waals surface area contributed by atoms with Crippen molar-refractivity contribution in [3.63, 3.8) is 0 Å². The second-order valence-electron chi connectivity index (χ2n) is 5.12. The zero-order chi connectivity index (χ0) is 13.8. The van der Waals surface area contributed by atoms with E-state index in [0.29, 0.717) is 12.5 Å². The van der Waals surface area contributed by atoms with Crippen LogP contribution in [0.2, 0.25) is 0 Å². The van der Waals surface area contributed by atoms with E-state index < -0.39 is 0 Å². The highest BCUT2D eigenvalue weighted by atomic mass is 16.5. The molecular formula is C14H25N3O. The summed E-state index contributed by atoms with van der Waals surface area (Å²) in [4.78, 5) is 2.82. The maximum Gasteiger partial charge on any atom is 0.137 e. The zero-order valence-corrected chi connectivity index (χ0v) is 12.0. The van der Waals surface area contributed by atoms with Crippen LogP contribution in [-0.4, -0.2) is 12.8 Å². The Bertz CT molecular complexity index is 309. The van der Waals surface area contributed by atoms with Gasteiger partial charge >= 0.3 is 0 Å². The van der Waals surface area contributed by atoms with Gasteiger partial charge in [0.25, 0.3) is 0 Å². The van der Waals surface area contributed by atoms with Gasteiger partial charge in [0.2, 0.25) is 0 Å². The van der Waals surface area contributed by atoms with Gasteiger partial charge in [0.15, 0.2) is 0 Å². The van der Waals surface area contributed by atoms with Crippen molar-refractivity contribution < 1.29 is 4.74 Å². The number of azide groups is 1. The first-order chi connectivity index (χ1) is 8.56. The van der Waals surface area contributed by atoms with E-state index in [1.54, 1.807) is 0 Å². The average molecular weight is 251 g/mol. The van der Waals surface area contributed by atoms with E-state index in [1.807, 2.05) is 13.8 Å². The summed E-state index contributed by atoms with van der Waals surface area (Å²) in [5, 5.41) is 3.65. The molecule has 0 fully saturated rings. The van der Waals surface area contributed by atoms with Gasteiger partial charge in [-0.05, 0) is 17.9 Å². The first kappa shape index (κ1) is 16.8. The van der Waals surface area contributed by atoms with Gasteiger partial charge in [-0.3, -0.25) is 0 Å². The number of unbranched alkanes of at least 4 members (excludes halogenated alkanes) is 1. The van der Waals surface area contributed by atoms with Crippen molar-refractivity contribution in [3.05, 3.63) is 10.4 Å². The predicted octanol–water partition coefficient (Wildman–Crippen LogP) is 4.52. The Kier molecular flexibility index (Phi) is 10.2. The van der Waals surface area contributed by atoms with Gasteiger partial charge in [-0.15, -0.1) is 0 Å². The van der Waals surface area contributed by atoms with Crippen LogP contribution < -0.4 is 0 Å². The Balaban J connectivity index is 3.86. The van der Waals surface area contributed by atoms with Gasteiger partial charge in [0.1, 0.15) is 12.8 Å². The minimum Gasteiger partial charge on any atom is -0.360 e. The molecule has 0 rings (SSSR count). The molecule has 0 aliphatic rings. The van der Waals surface area contributed by atoms with Gasteiger partial charge < -0.3 is 4.74 Å². The quantitative estimate of drug-likeness (QED) is 0.206. The van der Waals surface area contributed by atoms with Crippen LogP contribution in [0.25, 0.3) is 10.4 Å². The minimum atomic E-state index is -0.372. The molecule has 0 aromatic heterocycles. The zero-order valence-electron chi connectivity index (χ0n) is 12.0. The third-order valence-corrected chi connectivity index (χ3v) is 2.40. The fraction of sp³-hybridized carbons (Fsp3) is 0.857. The SMILES string of the molecule is CC(C)C#CCOC(CCCCC(C)C)N=[N+]=[N-]. The molecule has 0 radical (unpaired) electrons. The van der Waals surface area contributed by atoms with Gasteiger partial charge in [0.05, 0.1) is 0 Å². The van der Waals surface area contributed by atoms with Gasteiger partial charge in [-0.1, -0.05) is 63.9 Å². The molecule has 1 atom stereocenters. The highest BCUT2D eigenvalue weighted by Gasteiger charge is 2.05. The molecule has 1 unspecified atom stereocenters. The summed E-state index contributed by atoms with van der Waals surface area (Å²) in [6.07, 6.45) is 3.79. The van der Waals surface area contributed by atoms with Gasteiger partial charge in [-0.25, -0.2) is 0 Å². The van der Waals surface area contributed by atoms with Crippen molar-refractivity contribution >= 4 is 0 Å². The molecule has 0 aromatic rings. The summed E-state index contributed by atoms with van der Waals surface area (Å²) in [6.45, 7) is 8.82. The Labute approximate surface area is 111 Å². The van der Waals surface area contributed by atoms with Crippen molar-refractivity contribution in [2.75, 3.05) is 6.61 Å². The van der Waals surface area contributed by atoms with Crippen molar-refractivity contribution in [2.24, 2.45) is 17.0 Å². The Morgan fingerprint density at radius 2 is 1.83 bits per heavy atom. The summed E-state index contributed by atoms with van der Waals surface area (Å²) in [5.74, 6) is 7.01. The summed E-state index contributed by atoms with van der Waals surface area (Å²) >= 11 is 0. The fourth-order valence-electron chi connectivity index (χ4n) is 1.49. The van der Waals surface area contributed by atoms with E-state index in [0.717, 1.165) is 25.2 Å². The Morgan fingerprint density at radius 3 is 2.39 bits per heavy atom. The third-order valence-electron chi connectivity index (χ3n) is 2.40. The van der Waals surface area contributed by atoms with Gasteiger partial charge in [-0.2, -0.15) is 0 Å². The molecule has 0 bridgehead atoms. The molecule has 4 heteroatoms. The van der Waals surface area contributed by atoms with Crippen LogP contribution in [-0.2, 0) is 4.74 Å². The molecule has 102 valence electrons. The summed E-state index contributed by atoms with van der Waals surface area (Å²) in [5.41, 5.74) is 8.47. The molecule has 0 aliphatic carbocycles. The lowest BCUT2D eigenvalue weighted by atomic mass is 10.1. The molecule has 0 amide bonds. The first-order valence-electron chi connectivity index (χ1n) is 6.70. The van der Waals surface area contributed by atoms with Crippen molar-refractivity contribution in [3.8, 4) is 11.8 Å². The van der Waals surface area contributed by atoms with Gasteiger partial charge in [0, 0.05) is 10.8 Å². The maximum absolute atomic E-state index is 8.47.